The predicted molar refractivity (Wildman–Crippen MR) is 134 cm³/mol. The molecule has 0 aliphatic carbocycles. The van der Waals surface area contributed by atoms with Gasteiger partial charge in [0.15, 0.2) is 5.11 Å². The maximum absolute atomic E-state index is 11.9. The lowest BCUT2D eigenvalue weighted by Crippen LogP contribution is -2.32. The van der Waals surface area contributed by atoms with Crippen molar-refractivity contribution in [2.24, 2.45) is 0 Å². The molecular formula is C24H24Cl2N4O2S. The van der Waals surface area contributed by atoms with Gasteiger partial charge in [0, 0.05) is 24.1 Å². The second kappa shape index (κ2) is 9.71. The van der Waals surface area contributed by atoms with Gasteiger partial charge in [0.05, 0.1) is 47.0 Å². The summed E-state index contributed by atoms with van der Waals surface area (Å²) in [7, 11) is 1.39. The maximum atomic E-state index is 11.9. The molecule has 2 atom stereocenters. The molecule has 0 spiro atoms. The normalized spacial score (nSPS) is 17.8. The van der Waals surface area contributed by atoms with Crippen molar-refractivity contribution >= 4 is 46.5 Å². The molecule has 3 heterocycles. The first-order chi connectivity index (χ1) is 15.8. The minimum Gasteiger partial charge on any atom is -0.469 e. The number of carbonyl (C=O) groups excluding carboxylic acids is 1. The highest BCUT2D eigenvalue weighted by atomic mass is 35.5. The fourth-order valence-electron chi connectivity index (χ4n) is 4.42. The number of methoxy groups -OCH3 is 1. The van der Waals surface area contributed by atoms with Crippen LogP contribution in [0.5, 0.6) is 0 Å². The fraction of sp³-hybridized carbons (Fsp3) is 0.292. The van der Waals surface area contributed by atoms with Gasteiger partial charge in [-0.05, 0) is 62.0 Å². The number of pyridine rings is 1. The van der Waals surface area contributed by atoms with Crippen LogP contribution in [0.3, 0.4) is 0 Å². The van der Waals surface area contributed by atoms with Crippen LogP contribution in [-0.2, 0) is 9.53 Å². The van der Waals surface area contributed by atoms with E-state index >= 15 is 0 Å². The molecule has 1 aromatic carbocycles. The number of aromatic nitrogens is 2. The lowest BCUT2D eigenvalue weighted by molar-refractivity contribution is -0.140. The van der Waals surface area contributed by atoms with E-state index in [0.717, 1.165) is 28.3 Å². The number of ether oxygens (including phenoxy) is 1. The van der Waals surface area contributed by atoms with E-state index in [1.807, 2.05) is 42.2 Å². The van der Waals surface area contributed by atoms with Gasteiger partial charge in [-0.3, -0.25) is 9.78 Å². The Morgan fingerprint density at radius 2 is 2.00 bits per heavy atom. The standard InChI is InChI=1S/C24H24Cl2N4O2S/c1-14-13-16(15(2)30(14)19-9-6-7-17(25)21(19)26)23-22(18-8-4-5-11-27-18)28-24(33)29(23)12-10-20(31)32-3/h4-9,11,13,22-23H,10,12H2,1-3H3,(H,28,33). The molecule has 9 heteroatoms. The van der Waals surface area contributed by atoms with Crippen molar-refractivity contribution in [1.82, 2.24) is 19.8 Å². The van der Waals surface area contributed by atoms with Gasteiger partial charge < -0.3 is 19.5 Å². The molecule has 1 N–H and O–H groups in total. The van der Waals surface area contributed by atoms with Crippen LogP contribution in [0.15, 0.2) is 48.7 Å². The van der Waals surface area contributed by atoms with Crippen molar-refractivity contribution in [1.29, 1.82) is 0 Å². The topological polar surface area (TPSA) is 59.4 Å². The lowest BCUT2D eigenvalue weighted by atomic mass is 9.96. The predicted octanol–water partition coefficient (Wildman–Crippen LogP) is 5.33. The molecule has 0 radical (unpaired) electrons. The van der Waals surface area contributed by atoms with E-state index in [9.17, 15) is 4.79 Å². The Morgan fingerprint density at radius 1 is 1.21 bits per heavy atom. The third kappa shape index (κ3) is 4.45. The molecular weight excluding hydrogens is 479 g/mol. The number of carbonyl (C=O) groups is 1. The number of thiocarbonyl (C=S) groups is 1. The Hall–Kier alpha value is -2.61. The summed E-state index contributed by atoms with van der Waals surface area (Å²) in [6, 6.07) is 13.2. The molecule has 1 aliphatic heterocycles. The molecule has 33 heavy (non-hydrogen) atoms. The summed E-state index contributed by atoms with van der Waals surface area (Å²) in [6.07, 6.45) is 1.99. The summed E-state index contributed by atoms with van der Waals surface area (Å²) in [5, 5.41) is 4.98. The highest BCUT2D eigenvalue weighted by Crippen LogP contribution is 2.42. The second-order valence-corrected chi connectivity index (χ2v) is 9.05. The molecule has 2 aromatic heterocycles. The van der Waals surface area contributed by atoms with Crippen LogP contribution in [-0.4, -0.2) is 39.2 Å². The highest BCUT2D eigenvalue weighted by molar-refractivity contribution is 7.80. The molecule has 6 nitrogen and oxygen atoms in total. The van der Waals surface area contributed by atoms with E-state index in [4.69, 9.17) is 40.2 Å². The summed E-state index contributed by atoms with van der Waals surface area (Å²) in [4.78, 5) is 18.5. The van der Waals surface area contributed by atoms with Crippen molar-refractivity contribution in [3.05, 3.63) is 81.4 Å². The molecule has 3 aromatic rings. The average molecular weight is 503 g/mol. The van der Waals surface area contributed by atoms with Gasteiger partial charge in [-0.1, -0.05) is 35.3 Å². The quantitative estimate of drug-likeness (QED) is 0.363. The van der Waals surface area contributed by atoms with Crippen LogP contribution in [0.1, 0.15) is 41.1 Å². The first-order valence-corrected chi connectivity index (χ1v) is 11.7. The van der Waals surface area contributed by atoms with E-state index in [1.54, 1.807) is 12.3 Å². The second-order valence-electron chi connectivity index (χ2n) is 7.88. The summed E-state index contributed by atoms with van der Waals surface area (Å²) in [5.41, 5.74) is 4.77. The third-order valence-electron chi connectivity index (χ3n) is 5.94. The van der Waals surface area contributed by atoms with E-state index in [1.165, 1.54) is 7.11 Å². The summed E-state index contributed by atoms with van der Waals surface area (Å²) >= 11 is 18.5. The number of aryl methyl sites for hydroxylation is 1. The Morgan fingerprint density at radius 3 is 2.70 bits per heavy atom. The smallest absolute Gasteiger partial charge is 0.307 e. The number of nitrogens with zero attached hydrogens (tertiary/aromatic N) is 3. The lowest BCUT2D eigenvalue weighted by Gasteiger charge is -2.28. The number of benzene rings is 1. The molecule has 0 amide bonds. The molecule has 1 fully saturated rings. The van der Waals surface area contributed by atoms with Gasteiger partial charge in [0.1, 0.15) is 0 Å². The van der Waals surface area contributed by atoms with Crippen molar-refractivity contribution in [3.63, 3.8) is 0 Å². The molecule has 0 bridgehead atoms. The van der Waals surface area contributed by atoms with Crippen molar-refractivity contribution in [2.45, 2.75) is 32.4 Å². The Labute approximate surface area is 208 Å². The minimum absolute atomic E-state index is 0.171. The van der Waals surface area contributed by atoms with Gasteiger partial charge in [-0.2, -0.15) is 0 Å². The first-order valence-electron chi connectivity index (χ1n) is 10.5. The zero-order valence-corrected chi connectivity index (χ0v) is 20.8. The van der Waals surface area contributed by atoms with Crippen molar-refractivity contribution in [2.75, 3.05) is 13.7 Å². The molecule has 0 saturated carbocycles. The highest BCUT2D eigenvalue weighted by Gasteiger charge is 2.41. The Balaban J connectivity index is 1.82. The monoisotopic (exact) mass is 502 g/mol. The Bertz CT molecular complexity index is 1200. The molecule has 1 saturated heterocycles. The number of halogens is 2. The number of hydrogen-bond acceptors (Lipinski definition) is 4. The largest absolute Gasteiger partial charge is 0.469 e. The van der Waals surface area contributed by atoms with Gasteiger partial charge >= 0.3 is 5.97 Å². The van der Waals surface area contributed by atoms with E-state index in [2.05, 4.69) is 27.9 Å². The fourth-order valence-corrected chi connectivity index (χ4v) is 5.13. The van der Waals surface area contributed by atoms with Crippen LogP contribution in [0.25, 0.3) is 5.69 Å². The van der Waals surface area contributed by atoms with Gasteiger partial charge in [0.2, 0.25) is 0 Å². The van der Waals surface area contributed by atoms with Gasteiger partial charge in [0.25, 0.3) is 0 Å². The van der Waals surface area contributed by atoms with E-state index in [-0.39, 0.29) is 24.5 Å². The van der Waals surface area contributed by atoms with E-state index in [0.29, 0.717) is 21.7 Å². The first kappa shape index (κ1) is 23.5. The number of nitrogens with one attached hydrogen (secondary N) is 1. The molecule has 4 rings (SSSR count). The van der Waals surface area contributed by atoms with Crippen LogP contribution < -0.4 is 5.32 Å². The van der Waals surface area contributed by atoms with Crippen LogP contribution >= 0.6 is 35.4 Å². The van der Waals surface area contributed by atoms with Crippen molar-refractivity contribution in [3.8, 4) is 5.69 Å². The number of rotatable bonds is 6. The number of esters is 1. The average Bonchev–Trinajstić information content (AvgIpc) is 3.29. The summed E-state index contributed by atoms with van der Waals surface area (Å²) < 4.78 is 6.95. The molecule has 172 valence electrons. The summed E-state index contributed by atoms with van der Waals surface area (Å²) in [5.74, 6) is -0.283. The van der Waals surface area contributed by atoms with Crippen LogP contribution in [0.4, 0.5) is 0 Å². The zero-order chi connectivity index (χ0) is 23.7. The summed E-state index contributed by atoms with van der Waals surface area (Å²) in [6.45, 7) is 4.51. The van der Waals surface area contributed by atoms with Gasteiger partial charge in [-0.15, -0.1) is 0 Å². The molecule has 1 aliphatic rings. The zero-order valence-electron chi connectivity index (χ0n) is 18.5. The van der Waals surface area contributed by atoms with Crippen molar-refractivity contribution < 1.29 is 9.53 Å². The van der Waals surface area contributed by atoms with E-state index < -0.39 is 0 Å². The van der Waals surface area contributed by atoms with Crippen LogP contribution in [0, 0.1) is 13.8 Å². The van der Waals surface area contributed by atoms with Gasteiger partial charge in [-0.25, -0.2) is 0 Å². The third-order valence-corrected chi connectivity index (χ3v) is 7.10. The SMILES string of the molecule is COC(=O)CCN1C(=S)NC(c2ccccn2)C1c1cc(C)n(-c2cccc(Cl)c2Cl)c1C. The number of hydrogen-bond donors (Lipinski definition) is 1. The van der Waals surface area contributed by atoms with Crippen LogP contribution in [0.2, 0.25) is 10.0 Å². The maximum Gasteiger partial charge on any atom is 0.307 e. The molecule has 2 unspecified atom stereocenters. The minimum atomic E-state index is -0.283. The Kier molecular flexibility index (Phi) is 6.93.